The molecule has 13 heavy (non-hydrogen) atoms. The molecule has 1 rings (SSSR count). The van der Waals surface area contributed by atoms with Gasteiger partial charge < -0.3 is 4.48 Å². The number of allylic oxidation sites excluding steroid dienone is 3. The first-order valence-electron chi connectivity index (χ1n) is 4.16. The molecule has 0 aromatic heterocycles. The lowest BCUT2D eigenvalue weighted by Crippen LogP contribution is -2.39. The van der Waals surface area contributed by atoms with E-state index in [1.54, 1.807) is 12.2 Å². The van der Waals surface area contributed by atoms with Gasteiger partial charge in [-0.25, -0.2) is 0 Å². The highest BCUT2D eigenvalue weighted by Crippen LogP contribution is 2.08. The molecule has 1 aliphatic rings. The highest BCUT2D eigenvalue weighted by Gasteiger charge is 2.23. The van der Waals surface area contributed by atoms with E-state index in [0.717, 1.165) is 0 Å². The summed E-state index contributed by atoms with van der Waals surface area (Å²) in [5.74, 6) is -0.776. The van der Waals surface area contributed by atoms with E-state index < -0.39 is 5.78 Å². The van der Waals surface area contributed by atoms with Gasteiger partial charge in [-0.3, -0.25) is 9.59 Å². The molecule has 0 aromatic carbocycles. The summed E-state index contributed by atoms with van der Waals surface area (Å²) < 4.78 is 0.651. The minimum absolute atomic E-state index is 0.365. The van der Waals surface area contributed by atoms with Crippen molar-refractivity contribution in [2.45, 2.75) is 0 Å². The molecule has 0 spiro atoms. The number of likely N-dealkylation sites (N-methyl/N-ethyl adjacent to an activating group) is 1. The van der Waals surface area contributed by atoms with Crippen LogP contribution in [0.4, 0.5) is 0 Å². The van der Waals surface area contributed by atoms with E-state index in [1.165, 1.54) is 6.08 Å². The fourth-order valence-electron chi connectivity index (χ4n) is 1.20. The van der Waals surface area contributed by atoms with Gasteiger partial charge in [0, 0.05) is 0 Å². The maximum absolute atomic E-state index is 11.3. The topological polar surface area (TPSA) is 34.1 Å². The van der Waals surface area contributed by atoms with Crippen LogP contribution in [0.3, 0.4) is 0 Å². The van der Waals surface area contributed by atoms with Crippen LogP contribution in [0.25, 0.3) is 0 Å². The average molecular weight is 180 g/mol. The van der Waals surface area contributed by atoms with E-state index in [9.17, 15) is 9.59 Å². The molecule has 0 N–H and O–H groups in total. The van der Waals surface area contributed by atoms with Crippen molar-refractivity contribution in [3.8, 4) is 0 Å². The molecule has 3 heteroatoms. The molecule has 0 heterocycles. The van der Waals surface area contributed by atoms with Crippen molar-refractivity contribution in [2.75, 3.05) is 27.7 Å². The quantitative estimate of drug-likeness (QED) is 0.348. The molecular formula is C10H14NO2+. The van der Waals surface area contributed by atoms with Gasteiger partial charge in [0.05, 0.1) is 26.7 Å². The van der Waals surface area contributed by atoms with E-state index in [0.29, 0.717) is 16.6 Å². The Hall–Kier alpha value is -1.22. The van der Waals surface area contributed by atoms with Crippen molar-refractivity contribution >= 4 is 11.6 Å². The predicted molar refractivity (Wildman–Crippen MR) is 50.1 cm³/mol. The standard InChI is InChI=1S/C10H14NO2/c1-11(2,3)7-8-5-4-6-9(12)10(8)13/h4-6H,7H2,1-3H3/q+1. The molecule has 1 aliphatic carbocycles. The summed E-state index contributed by atoms with van der Waals surface area (Å²) in [4.78, 5) is 22.3. The van der Waals surface area contributed by atoms with E-state index in [1.807, 2.05) is 21.1 Å². The summed E-state index contributed by atoms with van der Waals surface area (Å²) in [6.07, 6.45) is 4.66. The normalized spacial score (nSPS) is 17.6. The second-order valence-corrected chi connectivity index (χ2v) is 4.19. The Labute approximate surface area is 77.9 Å². The summed E-state index contributed by atoms with van der Waals surface area (Å²) >= 11 is 0. The molecule has 70 valence electrons. The van der Waals surface area contributed by atoms with E-state index in [4.69, 9.17) is 0 Å². The highest BCUT2D eigenvalue weighted by molar-refractivity contribution is 6.48. The predicted octanol–water partition coefficient (Wildman–Crippen LogP) is 0.327. The number of carbonyl (C=O) groups excluding carboxylic acids is 2. The Morgan fingerprint density at radius 1 is 1.23 bits per heavy atom. The summed E-state index contributed by atoms with van der Waals surface area (Å²) in [5, 5.41) is 0. The molecule has 0 saturated heterocycles. The fourth-order valence-corrected chi connectivity index (χ4v) is 1.20. The molecule has 3 nitrogen and oxygen atoms in total. The molecule has 0 saturated carbocycles. The van der Waals surface area contributed by atoms with Crippen LogP contribution in [0.2, 0.25) is 0 Å². The van der Waals surface area contributed by atoms with Gasteiger partial charge in [0.15, 0.2) is 0 Å². The van der Waals surface area contributed by atoms with E-state index in [-0.39, 0.29) is 5.78 Å². The van der Waals surface area contributed by atoms with Crippen LogP contribution in [0.1, 0.15) is 0 Å². The van der Waals surface area contributed by atoms with Gasteiger partial charge in [-0.1, -0.05) is 6.08 Å². The Kier molecular flexibility index (Phi) is 2.48. The van der Waals surface area contributed by atoms with Crippen LogP contribution in [0, 0.1) is 0 Å². The molecule has 0 aliphatic heterocycles. The van der Waals surface area contributed by atoms with Crippen molar-refractivity contribution in [2.24, 2.45) is 0 Å². The van der Waals surface area contributed by atoms with Gasteiger partial charge in [0.1, 0.15) is 6.54 Å². The van der Waals surface area contributed by atoms with Gasteiger partial charge in [0.2, 0.25) is 11.6 Å². The number of rotatable bonds is 2. The summed E-state index contributed by atoms with van der Waals surface area (Å²) in [6, 6.07) is 0. The number of Topliss-reactive ketones (excluding diaryl/α,β-unsaturated/α-hetero) is 1. The first-order valence-corrected chi connectivity index (χ1v) is 4.16. The van der Waals surface area contributed by atoms with Crippen molar-refractivity contribution < 1.29 is 14.1 Å². The van der Waals surface area contributed by atoms with E-state index in [2.05, 4.69) is 0 Å². The van der Waals surface area contributed by atoms with Gasteiger partial charge >= 0.3 is 0 Å². The zero-order chi connectivity index (χ0) is 10.1. The molecule has 0 radical (unpaired) electrons. The third kappa shape index (κ3) is 2.63. The molecule has 0 aromatic rings. The van der Waals surface area contributed by atoms with Crippen molar-refractivity contribution in [3.05, 3.63) is 23.8 Å². The SMILES string of the molecule is C[N+](C)(C)CC1=CC=CC(=O)C1=O. The smallest absolute Gasteiger partial charge is 0.234 e. The lowest BCUT2D eigenvalue weighted by Gasteiger charge is -2.24. The number of ketones is 2. The minimum atomic E-state index is -0.411. The lowest BCUT2D eigenvalue weighted by molar-refractivity contribution is -0.865. The van der Waals surface area contributed by atoms with Crippen LogP contribution in [-0.4, -0.2) is 43.7 Å². The van der Waals surface area contributed by atoms with Crippen LogP contribution >= 0.6 is 0 Å². The maximum atomic E-state index is 11.3. The molecule has 0 fully saturated rings. The second-order valence-electron chi connectivity index (χ2n) is 4.19. The number of hydrogen-bond donors (Lipinski definition) is 0. The summed E-state index contributed by atoms with van der Waals surface area (Å²) in [5.41, 5.74) is 0.597. The number of hydrogen-bond acceptors (Lipinski definition) is 2. The first kappa shape index (κ1) is 9.86. The Balaban J connectivity index is 2.81. The zero-order valence-corrected chi connectivity index (χ0v) is 8.20. The van der Waals surface area contributed by atoms with Crippen molar-refractivity contribution in [1.82, 2.24) is 0 Å². The Morgan fingerprint density at radius 2 is 1.85 bits per heavy atom. The summed E-state index contributed by atoms with van der Waals surface area (Å²) in [7, 11) is 5.95. The van der Waals surface area contributed by atoms with Crippen LogP contribution in [0.15, 0.2) is 23.8 Å². The zero-order valence-electron chi connectivity index (χ0n) is 8.20. The Morgan fingerprint density at radius 3 is 2.38 bits per heavy atom. The molecule has 0 atom stereocenters. The number of nitrogens with zero attached hydrogens (tertiary/aromatic N) is 1. The van der Waals surface area contributed by atoms with Gasteiger partial charge in [-0.2, -0.15) is 0 Å². The van der Waals surface area contributed by atoms with Gasteiger partial charge in [0.25, 0.3) is 0 Å². The molecule has 0 unspecified atom stereocenters. The third-order valence-electron chi connectivity index (χ3n) is 1.71. The summed E-state index contributed by atoms with van der Waals surface area (Å²) in [6.45, 7) is 0.592. The van der Waals surface area contributed by atoms with Gasteiger partial charge in [-0.05, 0) is 12.2 Å². The van der Waals surface area contributed by atoms with Crippen LogP contribution in [-0.2, 0) is 9.59 Å². The average Bonchev–Trinajstić information content (AvgIpc) is 1.96. The number of carbonyl (C=O) groups is 2. The van der Waals surface area contributed by atoms with Crippen molar-refractivity contribution in [3.63, 3.8) is 0 Å². The maximum Gasteiger partial charge on any atom is 0.234 e. The number of quaternary nitrogens is 1. The minimum Gasteiger partial charge on any atom is -0.327 e. The fraction of sp³-hybridized carbons (Fsp3) is 0.400. The largest absolute Gasteiger partial charge is 0.327 e. The van der Waals surface area contributed by atoms with Crippen molar-refractivity contribution in [1.29, 1.82) is 0 Å². The highest BCUT2D eigenvalue weighted by atomic mass is 16.2. The molecule has 0 bridgehead atoms. The van der Waals surface area contributed by atoms with Crippen LogP contribution < -0.4 is 0 Å². The third-order valence-corrected chi connectivity index (χ3v) is 1.71. The van der Waals surface area contributed by atoms with E-state index >= 15 is 0 Å². The molecular weight excluding hydrogens is 166 g/mol. The monoisotopic (exact) mass is 180 g/mol. The second kappa shape index (κ2) is 3.26. The van der Waals surface area contributed by atoms with Gasteiger partial charge in [-0.15, -0.1) is 0 Å². The lowest BCUT2D eigenvalue weighted by atomic mass is 10.0. The van der Waals surface area contributed by atoms with Crippen LogP contribution in [0.5, 0.6) is 0 Å². The Bertz CT molecular complexity index is 305. The molecule has 0 amide bonds. The first-order chi connectivity index (χ1) is 5.90.